The number of aromatic nitrogens is 2. The molecule has 0 radical (unpaired) electrons. The third-order valence-corrected chi connectivity index (χ3v) is 1.85. The summed E-state index contributed by atoms with van der Waals surface area (Å²) < 4.78 is 4.39. The van der Waals surface area contributed by atoms with Gasteiger partial charge in [0.25, 0.3) is 5.91 Å². The molecule has 0 aliphatic rings. The molecule has 1 aromatic heterocycles. The highest BCUT2D eigenvalue weighted by atomic mass is 16.6. The number of hydrogen-bond acceptors (Lipinski definition) is 4. The van der Waals surface area contributed by atoms with Gasteiger partial charge in [-0.15, -0.1) is 0 Å². The topological polar surface area (TPSA) is 59.2 Å². The Bertz CT molecular complexity index is 266. The molecule has 0 aliphatic carbocycles. The van der Waals surface area contributed by atoms with Crippen LogP contribution in [0.3, 0.4) is 0 Å². The molecule has 0 aromatic carbocycles. The summed E-state index contributed by atoms with van der Waals surface area (Å²) in [7, 11) is 0. The van der Waals surface area contributed by atoms with Gasteiger partial charge in [0.05, 0.1) is 0 Å². The molecule has 0 N–H and O–H groups in total. The average Bonchev–Trinajstić information content (AvgIpc) is 2.69. The minimum Gasteiger partial charge on any atom is -0.337 e. The first kappa shape index (κ1) is 10.7. The van der Waals surface area contributed by atoms with Crippen molar-refractivity contribution < 1.29 is 9.42 Å². The second kappa shape index (κ2) is 5.36. The smallest absolute Gasteiger partial charge is 0.277 e. The molecule has 5 heteroatoms. The zero-order valence-electron chi connectivity index (χ0n) is 8.56. The Morgan fingerprint density at radius 1 is 1.43 bits per heavy atom. The summed E-state index contributed by atoms with van der Waals surface area (Å²) >= 11 is 0. The second-order valence-corrected chi connectivity index (χ2v) is 3.08. The fourth-order valence-corrected chi connectivity index (χ4v) is 1.28. The lowest BCUT2D eigenvalue weighted by molar-refractivity contribution is 0.0744. The number of carbonyl (C=O) groups is 1. The van der Waals surface area contributed by atoms with E-state index in [1.165, 1.54) is 6.20 Å². The predicted molar refractivity (Wildman–Crippen MR) is 50.8 cm³/mol. The molecule has 78 valence electrons. The molecule has 0 fully saturated rings. The van der Waals surface area contributed by atoms with Gasteiger partial charge in [-0.05, 0) is 18.0 Å². The van der Waals surface area contributed by atoms with Crippen LogP contribution in [0.1, 0.15) is 37.2 Å². The third kappa shape index (κ3) is 2.55. The van der Waals surface area contributed by atoms with Crippen molar-refractivity contribution in [3.63, 3.8) is 0 Å². The first-order valence-corrected chi connectivity index (χ1v) is 4.86. The summed E-state index contributed by atoms with van der Waals surface area (Å²) in [6, 6.07) is 0. The van der Waals surface area contributed by atoms with Crippen LogP contribution in [0.2, 0.25) is 0 Å². The Morgan fingerprint density at radius 2 is 2.07 bits per heavy atom. The van der Waals surface area contributed by atoms with E-state index in [1.54, 1.807) is 4.90 Å². The van der Waals surface area contributed by atoms with Gasteiger partial charge in [0, 0.05) is 13.1 Å². The van der Waals surface area contributed by atoms with Crippen molar-refractivity contribution in [2.24, 2.45) is 0 Å². The molecule has 0 unspecified atom stereocenters. The van der Waals surface area contributed by atoms with Crippen molar-refractivity contribution in [1.29, 1.82) is 0 Å². The summed E-state index contributed by atoms with van der Waals surface area (Å²) in [5, 5.41) is 6.94. The van der Waals surface area contributed by atoms with E-state index >= 15 is 0 Å². The van der Waals surface area contributed by atoms with E-state index in [4.69, 9.17) is 0 Å². The van der Waals surface area contributed by atoms with Crippen molar-refractivity contribution in [1.82, 2.24) is 15.2 Å². The first-order valence-electron chi connectivity index (χ1n) is 4.86. The summed E-state index contributed by atoms with van der Waals surface area (Å²) in [4.78, 5) is 13.5. The molecule has 0 bridgehead atoms. The minimum absolute atomic E-state index is 0.102. The van der Waals surface area contributed by atoms with Crippen molar-refractivity contribution in [2.45, 2.75) is 26.7 Å². The lowest BCUT2D eigenvalue weighted by Gasteiger charge is -2.19. The van der Waals surface area contributed by atoms with Crippen LogP contribution in [0.4, 0.5) is 0 Å². The van der Waals surface area contributed by atoms with Crippen LogP contribution in [0.25, 0.3) is 0 Å². The molecule has 0 saturated heterocycles. The molecule has 0 atom stereocenters. The molecule has 14 heavy (non-hydrogen) atoms. The highest BCUT2D eigenvalue weighted by molar-refractivity contribution is 5.91. The fourth-order valence-electron chi connectivity index (χ4n) is 1.28. The monoisotopic (exact) mass is 197 g/mol. The maximum absolute atomic E-state index is 11.7. The lowest BCUT2D eigenvalue weighted by atomic mass is 10.3. The summed E-state index contributed by atoms with van der Waals surface area (Å²) in [6.45, 7) is 5.58. The minimum atomic E-state index is -0.102. The summed E-state index contributed by atoms with van der Waals surface area (Å²) in [5.74, 6) is -0.102. The third-order valence-electron chi connectivity index (χ3n) is 1.85. The van der Waals surface area contributed by atoms with Crippen LogP contribution in [-0.4, -0.2) is 34.2 Å². The Hall–Kier alpha value is -1.39. The van der Waals surface area contributed by atoms with Gasteiger partial charge in [0.1, 0.15) is 6.20 Å². The van der Waals surface area contributed by atoms with E-state index in [0.717, 1.165) is 25.9 Å². The predicted octanol–water partition coefficient (Wildman–Crippen LogP) is 1.33. The molecule has 0 saturated carbocycles. The summed E-state index contributed by atoms with van der Waals surface area (Å²) in [5.41, 5.74) is 0.284. The standard InChI is InChI=1S/C9H15N3O2/c1-3-5-12(6-4-2)9(13)8-7-10-14-11-8/h7H,3-6H2,1-2H3. The van der Waals surface area contributed by atoms with Crippen molar-refractivity contribution in [3.05, 3.63) is 11.9 Å². The van der Waals surface area contributed by atoms with Crippen LogP contribution in [0, 0.1) is 0 Å². The zero-order chi connectivity index (χ0) is 10.4. The number of rotatable bonds is 5. The van der Waals surface area contributed by atoms with Crippen LogP contribution < -0.4 is 0 Å². The molecule has 1 rings (SSSR count). The molecular weight excluding hydrogens is 182 g/mol. The Labute approximate surface area is 83.0 Å². The average molecular weight is 197 g/mol. The van der Waals surface area contributed by atoms with E-state index in [9.17, 15) is 4.79 Å². The highest BCUT2D eigenvalue weighted by Gasteiger charge is 2.17. The van der Waals surface area contributed by atoms with E-state index in [0.29, 0.717) is 0 Å². The van der Waals surface area contributed by atoms with Crippen LogP contribution in [0.5, 0.6) is 0 Å². The maximum Gasteiger partial charge on any atom is 0.277 e. The largest absolute Gasteiger partial charge is 0.337 e. The van der Waals surface area contributed by atoms with E-state index < -0.39 is 0 Å². The van der Waals surface area contributed by atoms with Crippen molar-refractivity contribution in [2.75, 3.05) is 13.1 Å². The molecule has 1 amide bonds. The number of hydrogen-bond donors (Lipinski definition) is 0. The van der Waals surface area contributed by atoms with E-state index in [2.05, 4.69) is 14.9 Å². The molecule has 0 aliphatic heterocycles. The molecular formula is C9H15N3O2. The Morgan fingerprint density at radius 3 is 2.50 bits per heavy atom. The highest BCUT2D eigenvalue weighted by Crippen LogP contribution is 2.02. The van der Waals surface area contributed by atoms with Crippen LogP contribution in [-0.2, 0) is 0 Å². The summed E-state index contributed by atoms with van der Waals surface area (Å²) in [6.07, 6.45) is 3.23. The van der Waals surface area contributed by atoms with Crippen LogP contribution in [0.15, 0.2) is 10.8 Å². The maximum atomic E-state index is 11.7. The Kier molecular flexibility index (Phi) is 4.10. The normalized spacial score (nSPS) is 10.1. The Balaban J connectivity index is 2.63. The molecule has 5 nitrogen and oxygen atoms in total. The van der Waals surface area contributed by atoms with Gasteiger partial charge in [0.15, 0.2) is 5.69 Å². The van der Waals surface area contributed by atoms with Crippen LogP contribution >= 0.6 is 0 Å². The lowest BCUT2D eigenvalue weighted by Crippen LogP contribution is -2.32. The van der Waals surface area contributed by atoms with Gasteiger partial charge < -0.3 is 4.90 Å². The van der Waals surface area contributed by atoms with Gasteiger partial charge in [0.2, 0.25) is 0 Å². The number of amides is 1. The second-order valence-electron chi connectivity index (χ2n) is 3.08. The van der Waals surface area contributed by atoms with Gasteiger partial charge in [-0.2, -0.15) is 0 Å². The van der Waals surface area contributed by atoms with Crippen molar-refractivity contribution >= 4 is 5.91 Å². The SMILES string of the molecule is CCCN(CCC)C(=O)c1cnon1. The number of nitrogens with zero attached hydrogens (tertiary/aromatic N) is 3. The van der Waals surface area contributed by atoms with Gasteiger partial charge >= 0.3 is 0 Å². The van der Waals surface area contributed by atoms with E-state index in [1.807, 2.05) is 13.8 Å². The van der Waals surface area contributed by atoms with Gasteiger partial charge in [-0.25, -0.2) is 4.63 Å². The molecule has 0 spiro atoms. The quantitative estimate of drug-likeness (QED) is 0.714. The molecule has 1 heterocycles. The first-order chi connectivity index (χ1) is 6.79. The fraction of sp³-hybridized carbons (Fsp3) is 0.667. The van der Waals surface area contributed by atoms with E-state index in [-0.39, 0.29) is 11.6 Å². The van der Waals surface area contributed by atoms with Gasteiger partial charge in [-0.3, -0.25) is 4.79 Å². The van der Waals surface area contributed by atoms with Crippen molar-refractivity contribution in [3.8, 4) is 0 Å². The zero-order valence-corrected chi connectivity index (χ0v) is 8.56. The number of carbonyl (C=O) groups excluding carboxylic acids is 1. The molecule has 1 aromatic rings. The van der Waals surface area contributed by atoms with Gasteiger partial charge in [-0.1, -0.05) is 19.0 Å².